The van der Waals surface area contributed by atoms with Crippen molar-refractivity contribution in [2.24, 2.45) is 5.41 Å². The topological polar surface area (TPSA) is 56.8 Å². The molecule has 0 bridgehead atoms. The third-order valence-electron chi connectivity index (χ3n) is 4.81. The number of hydrogen-bond donors (Lipinski definition) is 1. The minimum Gasteiger partial charge on any atom is -0.493 e. The fraction of sp³-hybridized carbons (Fsp3) is 0.458. The molecule has 0 saturated carbocycles. The Morgan fingerprint density at radius 3 is 2.55 bits per heavy atom. The number of hydrogen-bond acceptors (Lipinski definition) is 4. The average Bonchev–Trinajstić information content (AvgIpc) is 2.68. The van der Waals surface area contributed by atoms with E-state index in [2.05, 4.69) is 30.4 Å². The molecule has 0 atom stereocenters. The van der Waals surface area contributed by atoms with Gasteiger partial charge in [-0.15, -0.1) is 0 Å². The number of nitrogens with one attached hydrogen (secondary N) is 1. The van der Waals surface area contributed by atoms with Gasteiger partial charge in [0, 0.05) is 24.3 Å². The van der Waals surface area contributed by atoms with Crippen LogP contribution in [0.4, 0.5) is 5.69 Å². The number of ether oxygens (including phenoxy) is 3. The maximum Gasteiger partial charge on any atom is 0.230 e. The Kier molecular flexibility index (Phi) is 8.52. The summed E-state index contributed by atoms with van der Waals surface area (Å²) < 4.78 is 16.5. The van der Waals surface area contributed by atoms with Crippen molar-refractivity contribution >= 4 is 11.6 Å². The highest BCUT2D eigenvalue weighted by Crippen LogP contribution is 2.27. The molecule has 0 aliphatic heterocycles. The summed E-state index contributed by atoms with van der Waals surface area (Å²) in [7, 11) is 1.63. The van der Waals surface area contributed by atoms with Gasteiger partial charge in [-0.25, -0.2) is 0 Å². The Balaban J connectivity index is 1.83. The van der Waals surface area contributed by atoms with Crippen LogP contribution in [0, 0.1) is 19.3 Å². The van der Waals surface area contributed by atoms with Crippen molar-refractivity contribution in [1.82, 2.24) is 0 Å². The van der Waals surface area contributed by atoms with Crippen molar-refractivity contribution in [3.05, 3.63) is 53.6 Å². The van der Waals surface area contributed by atoms with Crippen molar-refractivity contribution in [2.45, 2.75) is 40.5 Å². The zero-order valence-electron chi connectivity index (χ0n) is 18.2. The molecule has 158 valence electrons. The van der Waals surface area contributed by atoms with E-state index in [1.807, 2.05) is 45.0 Å². The first-order valence-electron chi connectivity index (χ1n) is 10.0. The largest absolute Gasteiger partial charge is 0.493 e. The summed E-state index contributed by atoms with van der Waals surface area (Å²) in [6.45, 7) is 9.59. The Morgan fingerprint density at radius 2 is 1.79 bits per heavy atom. The molecule has 2 rings (SSSR count). The van der Waals surface area contributed by atoms with E-state index in [0.717, 1.165) is 29.8 Å². The van der Waals surface area contributed by atoms with Crippen LogP contribution in [0.15, 0.2) is 42.5 Å². The minimum absolute atomic E-state index is 0.0155. The van der Waals surface area contributed by atoms with E-state index < -0.39 is 5.41 Å². The maximum atomic E-state index is 12.8. The van der Waals surface area contributed by atoms with E-state index in [0.29, 0.717) is 25.6 Å². The highest BCUT2D eigenvalue weighted by atomic mass is 16.5. The Morgan fingerprint density at radius 1 is 1.00 bits per heavy atom. The lowest BCUT2D eigenvalue weighted by Crippen LogP contribution is -2.31. The molecule has 0 aliphatic carbocycles. The molecular weight excluding hydrogens is 366 g/mol. The van der Waals surface area contributed by atoms with Crippen LogP contribution in [0.5, 0.6) is 11.5 Å². The number of carbonyl (C=O) groups excluding carboxylic acids is 1. The van der Waals surface area contributed by atoms with Gasteiger partial charge in [-0.05, 0) is 56.0 Å². The maximum absolute atomic E-state index is 12.8. The first kappa shape index (κ1) is 22.8. The number of methoxy groups -OCH3 is 1. The van der Waals surface area contributed by atoms with Gasteiger partial charge in [0.1, 0.15) is 18.1 Å². The number of aryl methyl sites for hydroxylation is 2. The highest BCUT2D eigenvalue weighted by molar-refractivity contribution is 5.94. The normalized spacial score (nSPS) is 11.2. The van der Waals surface area contributed by atoms with Crippen molar-refractivity contribution in [3.63, 3.8) is 0 Å². The lowest BCUT2D eigenvalue weighted by atomic mass is 9.87. The van der Waals surface area contributed by atoms with Crippen LogP contribution < -0.4 is 14.8 Å². The van der Waals surface area contributed by atoms with Gasteiger partial charge in [0.05, 0.1) is 13.2 Å². The molecule has 0 aliphatic rings. The van der Waals surface area contributed by atoms with E-state index >= 15 is 0 Å². The quantitative estimate of drug-likeness (QED) is 0.531. The minimum atomic E-state index is -0.502. The number of rotatable bonds is 11. The van der Waals surface area contributed by atoms with Crippen LogP contribution in [0.1, 0.15) is 37.8 Å². The molecule has 2 aromatic carbocycles. The first-order chi connectivity index (χ1) is 13.8. The predicted molar refractivity (Wildman–Crippen MR) is 117 cm³/mol. The molecule has 0 spiro atoms. The molecule has 0 saturated heterocycles. The molecule has 1 N–H and O–H groups in total. The molecule has 1 amide bonds. The number of carbonyl (C=O) groups is 1. The summed E-state index contributed by atoms with van der Waals surface area (Å²) in [5.74, 6) is 1.61. The summed E-state index contributed by atoms with van der Waals surface area (Å²) in [4.78, 5) is 12.8. The summed E-state index contributed by atoms with van der Waals surface area (Å²) in [6.07, 6.45) is 1.53. The Bertz CT molecular complexity index is 801. The van der Waals surface area contributed by atoms with Crippen LogP contribution in [0.25, 0.3) is 0 Å². The van der Waals surface area contributed by atoms with Gasteiger partial charge in [-0.2, -0.15) is 0 Å². The summed E-state index contributed by atoms with van der Waals surface area (Å²) in [6, 6.07) is 13.6. The Labute approximate surface area is 174 Å². The van der Waals surface area contributed by atoms with Crippen LogP contribution >= 0.6 is 0 Å². The standard InChI is InChI=1S/C24H33NO4/c1-18-10-11-19(2)22(16-18)29-13-7-12-24(3,4)23(26)25-20-8-6-9-21(17-20)28-15-14-27-5/h6,8-11,16-17H,7,12-15H2,1-5H3,(H,25,26). The van der Waals surface area contributed by atoms with Crippen molar-refractivity contribution < 1.29 is 19.0 Å². The predicted octanol–water partition coefficient (Wildman–Crippen LogP) is 5.15. The fourth-order valence-electron chi connectivity index (χ4n) is 2.88. The van der Waals surface area contributed by atoms with E-state index in [4.69, 9.17) is 14.2 Å². The van der Waals surface area contributed by atoms with E-state index in [1.54, 1.807) is 7.11 Å². The molecular formula is C24H33NO4. The highest BCUT2D eigenvalue weighted by Gasteiger charge is 2.27. The second kappa shape index (κ2) is 10.9. The molecule has 0 fully saturated rings. The zero-order chi connectivity index (χ0) is 21.3. The average molecular weight is 400 g/mol. The van der Waals surface area contributed by atoms with Gasteiger partial charge < -0.3 is 19.5 Å². The molecule has 2 aromatic rings. The summed E-state index contributed by atoms with van der Waals surface area (Å²) in [5.41, 5.74) is 2.53. The zero-order valence-corrected chi connectivity index (χ0v) is 18.2. The third kappa shape index (κ3) is 7.42. The lowest BCUT2D eigenvalue weighted by Gasteiger charge is -2.24. The van der Waals surface area contributed by atoms with Gasteiger partial charge in [0.15, 0.2) is 0 Å². The number of benzene rings is 2. The molecule has 29 heavy (non-hydrogen) atoms. The SMILES string of the molecule is COCCOc1cccc(NC(=O)C(C)(C)CCCOc2cc(C)ccc2C)c1. The van der Waals surface area contributed by atoms with Crippen molar-refractivity contribution in [3.8, 4) is 11.5 Å². The number of anilines is 1. The van der Waals surface area contributed by atoms with Crippen LogP contribution in [0.2, 0.25) is 0 Å². The molecule has 0 unspecified atom stereocenters. The van der Waals surface area contributed by atoms with Gasteiger partial charge in [0.25, 0.3) is 0 Å². The second-order valence-corrected chi connectivity index (χ2v) is 7.93. The van der Waals surface area contributed by atoms with E-state index in [9.17, 15) is 4.79 Å². The van der Waals surface area contributed by atoms with Gasteiger partial charge >= 0.3 is 0 Å². The Hall–Kier alpha value is -2.53. The van der Waals surface area contributed by atoms with Gasteiger partial charge in [0.2, 0.25) is 5.91 Å². The van der Waals surface area contributed by atoms with Crippen LogP contribution in [-0.4, -0.2) is 32.8 Å². The van der Waals surface area contributed by atoms with E-state index in [-0.39, 0.29) is 5.91 Å². The third-order valence-corrected chi connectivity index (χ3v) is 4.81. The molecule has 5 heteroatoms. The fourth-order valence-corrected chi connectivity index (χ4v) is 2.88. The number of amides is 1. The van der Waals surface area contributed by atoms with Crippen molar-refractivity contribution in [1.29, 1.82) is 0 Å². The molecule has 0 heterocycles. The second-order valence-electron chi connectivity index (χ2n) is 7.93. The molecule has 0 aromatic heterocycles. The summed E-state index contributed by atoms with van der Waals surface area (Å²) >= 11 is 0. The van der Waals surface area contributed by atoms with Gasteiger partial charge in [-0.3, -0.25) is 4.79 Å². The van der Waals surface area contributed by atoms with Crippen molar-refractivity contribution in [2.75, 3.05) is 32.2 Å². The monoisotopic (exact) mass is 399 g/mol. The molecule has 5 nitrogen and oxygen atoms in total. The smallest absolute Gasteiger partial charge is 0.230 e. The first-order valence-corrected chi connectivity index (χ1v) is 10.0. The summed E-state index contributed by atoms with van der Waals surface area (Å²) in [5, 5.41) is 3.00. The molecule has 0 radical (unpaired) electrons. The van der Waals surface area contributed by atoms with E-state index in [1.165, 1.54) is 5.56 Å². The van der Waals surface area contributed by atoms with Crippen LogP contribution in [-0.2, 0) is 9.53 Å². The van der Waals surface area contributed by atoms with Gasteiger partial charge in [-0.1, -0.05) is 32.0 Å². The van der Waals surface area contributed by atoms with Crippen LogP contribution in [0.3, 0.4) is 0 Å². The lowest BCUT2D eigenvalue weighted by molar-refractivity contribution is -0.124.